The van der Waals surface area contributed by atoms with Crippen molar-refractivity contribution in [1.29, 1.82) is 5.26 Å². The van der Waals surface area contributed by atoms with Crippen molar-refractivity contribution < 1.29 is 13.2 Å². The van der Waals surface area contributed by atoms with Crippen LogP contribution >= 0.6 is 0 Å². The SMILES string of the molecule is CC(Nc1ccc(C(F)(F)F)cc1C#N)c1ccccc1. The van der Waals surface area contributed by atoms with Gasteiger partial charge in [-0.15, -0.1) is 0 Å². The van der Waals surface area contributed by atoms with E-state index in [4.69, 9.17) is 5.26 Å². The Kier molecular flexibility index (Phi) is 4.18. The van der Waals surface area contributed by atoms with Crippen molar-refractivity contribution in [3.63, 3.8) is 0 Å². The molecule has 0 saturated carbocycles. The number of hydrogen-bond donors (Lipinski definition) is 1. The Morgan fingerprint density at radius 3 is 2.33 bits per heavy atom. The molecule has 2 aromatic rings. The lowest BCUT2D eigenvalue weighted by Crippen LogP contribution is -2.10. The van der Waals surface area contributed by atoms with Gasteiger partial charge in [0.05, 0.1) is 16.8 Å². The third-order valence-electron chi connectivity index (χ3n) is 3.14. The summed E-state index contributed by atoms with van der Waals surface area (Å²) in [6.45, 7) is 1.88. The fourth-order valence-corrected chi connectivity index (χ4v) is 2.00. The van der Waals surface area contributed by atoms with Gasteiger partial charge in [-0.05, 0) is 30.7 Å². The number of anilines is 1. The predicted octanol–water partition coefficient (Wildman–Crippen LogP) is 4.75. The van der Waals surface area contributed by atoms with Gasteiger partial charge in [-0.1, -0.05) is 30.3 Å². The molecule has 0 radical (unpaired) electrons. The number of hydrogen-bond acceptors (Lipinski definition) is 2. The summed E-state index contributed by atoms with van der Waals surface area (Å²) in [6, 6.07) is 14.3. The summed E-state index contributed by atoms with van der Waals surface area (Å²) in [4.78, 5) is 0. The van der Waals surface area contributed by atoms with Gasteiger partial charge in [0, 0.05) is 6.04 Å². The largest absolute Gasteiger partial charge is 0.416 e. The molecule has 1 N–H and O–H groups in total. The highest BCUT2D eigenvalue weighted by molar-refractivity contribution is 5.59. The van der Waals surface area contributed by atoms with Crippen LogP contribution in [-0.2, 0) is 6.18 Å². The molecule has 0 saturated heterocycles. The first-order valence-corrected chi connectivity index (χ1v) is 6.34. The highest BCUT2D eigenvalue weighted by atomic mass is 19.4. The molecule has 0 aliphatic rings. The van der Waals surface area contributed by atoms with Gasteiger partial charge in [0.2, 0.25) is 0 Å². The van der Waals surface area contributed by atoms with Gasteiger partial charge in [0.15, 0.2) is 0 Å². The second-order valence-electron chi connectivity index (χ2n) is 4.65. The summed E-state index contributed by atoms with van der Waals surface area (Å²) in [5.41, 5.74) is 0.535. The van der Waals surface area contributed by atoms with Gasteiger partial charge in [0.25, 0.3) is 0 Å². The summed E-state index contributed by atoms with van der Waals surface area (Å²) in [5, 5.41) is 12.1. The Hall–Kier alpha value is -2.48. The lowest BCUT2D eigenvalue weighted by atomic mass is 10.1. The van der Waals surface area contributed by atoms with E-state index in [0.29, 0.717) is 5.69 Å². The molecule has 0 aliphatic carbocycles. The average Bonchev–Trinajstić information content (AvgIpc) is 2.47. The lowest BCUT2D eigenvalue weighted by Gasteiger charge is -2.17. The van der Waals surface area contributed by atoms with Crippen molar-refractivity contribution in [3.05, 3.63) is 65.2 Å². The number of nitrogens with one attached hydrogen (secondary N) is 1. The molecular formula is C16H13F3N2. The molecule has 21 heavy (non-hydrogen) atoms. The first kappa shape index (κ1) is 14.9. The van der Waals surface area contributed by atoms with Gasteiger partial charge in [-0.3, -0.25) is 0 Å². The summed E-state index contributed by atoms with van der Waals surface area (Å²) >= 11 is 0. The molecule has 2 nitrogen and oxygen atoms in total. The number of rotatable bonds is 3. The van der Waals surface area contributed by atoms with Crippen LogP contribution in [0.15, 0.2) is 48.5 Å². The lowest BCUT2D eigenvalue weighted by molar-refractivity contribution is -0.137. The van der Waals surface area contributed by atoms with Crippen LogP contribution in [0.5, 0.6) is 0 Å². The standard InChI is InChI=1S/C16H13F3N2/c1-11(12-5-3-2-4-6-12)21-15-8-7-14(16(17,18)19)9-13(15)10-20/h2-9,11,21H,1H3. The topological polar surface area (TPSA) is 35.8 Å². The minimum Gasteiger partial charge on any atom is -0.377 e. The second-order valence-corrected chi connectivity index (χ2v) is 4.65. The minimum atomic E-state index is -4.45. The Morgan fingerprint density at radius 2 is 1.76 bits per heavy atom. The number of nitrogens with zero attached hydrogens (tertiary/aromatic N) is 1. The van der Waals surface area contributed by atoms with Gasteiger partial charge in [0.1, 0.15) is 6.07 Å². The fraction of sp³-hybridized carbons (Fsp3) is 0.188. The molecule has 0 spiro atoms. The zero-order chi connectivity index (χ0) is 15.5. The first-order valence-electron chi connectivity index (χ1n) is 6.34. The highest BCUT2D eigenvalue weighted by Crippen LogP contribution is 2.32. The summed E-state index contributed by atoms with van der Waals surface area (Å²) in [7, 11) is 0. The number of benzene rings is 2. The van der Waals surface area contributed by atoms with E-state index in [0.717, 1.165) is 17.7 Å². The van der Waals surface area contributed by atoms with Gasteiger partial charge in [-0.25, -0.2) is 0 Å². The zero-order valence-electron chi connectivity index (χ0n) is 11.3. The van der Waals surface area contributed by atoms with E-state index in [2.05, 4.69) is 5.32 Å². The molecule has 108 valence electrons. The molecule has 1 atom stereocenters. The van der Waals surface area contributed by atoms with E-state index in [1.165, 1.54) is 6.07 Å². The Morgan fingerprint density at radius 1 is 1.10 bits per heavy atom. The fourth-order valence-electron chi connectivity index (χ4n) is 2.00. The minimum absolute atomic E-state index is 0.0207. The van der Waals surface area contributed by atoms with E-state index >= 15 is 0 Å². The van der Waals surface area contributed by atoms with E-state index in [1.807, 2.05) is 37.3 Å². The molecule has 0 fully saturated rings. The molecule has 0 aliphatic heterocycles. The number of halogens is 3. The van der Waals surface area contributed by atoms with Crippen LogP contribution in [0.1, 0.15) is 29.7 Å². The Balaban J connectivity index is 2.27. The van der Waals surface area contributed by atoms with Gasteiger partial charge < -0.3 is 5.32 Å². The first-order chi connectivity index (χ1) is 9.91. The van der Waals surface area contributed by atoms with E-state index in [-0.39, 0.29) is 11.6 Å². The van der Waals surface area contributed by atoms with Crippen LogP contribution in [0.2, 0.25) is 0 Å². The van der Waals surface area contributed by atoms with Gasteiger partial charge >= 0.3 is 6.18 Å². The number of alkyl halides is 3. The van der Waals surface area contributed by atoms with E-state index in [1.54, 1.807) is 6.07 Å². The van der Waals surface area contributed by atoms with Crippen molar-refractivity contribution in [2.24, 2.45) is 0 Å². The van der Waals surface area contributed by atoms with Crippen LogP contribution in [0.3, 0.4) is 0 Å². The van der Waals surface area contributed by atoms with Crippen molar-refractivity contribution in [2.75, 3.05) is 5.32 Å². The molecule has 0 amide bonds. The van der Waals surface area contributed by atoms with Crippen LogP contribution < -0.4 is 5.32 Å². The maximum Gasteiger partial charge on any atom is 0.416 e. The average molecular weight is 290 g/mol. The molecule has 5 heteroatoms. The van der Waals surface area contributed by atoms with E-state index < -0.39 is 11.7 Å². The van der Waals surface area contributed by atoms with Crippen LogP contribution in [0.4, 0.5) is 18.9 Å². The summed E-state index contributed by atoms with van der Waals surface area (Å²) < 4.78 is 37.9. The van der Waals surface area contributed by atoms with Crippen molar-refractivity contribution >= 4 is 5.69 Å². The van der Waals surface area contributed by atoms with E-state index in [9.17, 15) is 13.2 Å². The normalized spacial score (nSPS) is 12.5. The summed E-state index contributed by atoms with van der Waals surface area (Å²) in [5.74, 6) is 0. The highest BCUT2D eigenvalue weighted by Gasteiger charge is 2.31. The maximum atomic E-state index is 12.6. The zero-order valence-corrected chi connectivity index (χ0v) is 11.3. The van der Waals surface area contributed by atoms with Crippen molar-refractivity contribution in [2.45, 2.75) is 19.1 Å². The Bertz CT molecular complexity index is 657. The van der Waals surface area contributed by atoms with Crippen molar-refractivity contribution in [1.82, 2.24) is 0 Å². The van der Waals surface area contributed by atoms with Crippen LogP contribution in [0.25, 0.3) is 0 Å². The van der Waals surface area contributed by atoms with Crippen LogP contribution in [0, 0.1) is 11.3 Å². The maximum absolute atomic E-state index is 12.6. The van der Waals surface area contributed by atoms with Gasteiger partial charge in [-0.2, -0.15) is 18.4 Å². The molecule has 1 unspecified atom stereocenters. The second kappa shape index (κ2) is 5.88. The molecular weight excluding hydrogens is 277 g/mol. The molecule has 0 aromatic heterocycles. The Labute approximate surface area is 120 Å². The molecule has 2 aromatic carbocycles. The molecule has 0 bridgehead atoms. The smallest absolute Gasteiger partial charge is 0.377 e. The predicted molar refractivity (Wildman–Crippen MR) is 74.6 cm³/mol. The number of nitriles is 1. The quantitative estimate of drug-likeness (QED) is 0.885. The van der Waals surface area contributed by atoms with Crippen molar-refractivity contribution in [3.8, 4) is 6.07 Å². The summed E-state index contributed by atoms with van der Waals surface area (Å²) in [6.07, 6.45) is -4.45. The third-order valence-corrected chi connectivity index (χ3v) is 3.14. The third kappa shape index (κ3) is 3.54. The van der Waals surface area contributed by atoms with Crippen LogP contribution in [-0.4, -0.2) is 0 Å². The monoisotopic (exact) mass is 290 g/mol. The molecule has 2 rings (SSSR count). The molecule has 0 heterocycles.